The molecule has 1 rings (SSSR count). The van der Waals surface area contributed by atoms with Gasteiger partial charge in [0.05, 0.1) is 5.57 Å². The average Bonchev–Trinajstić information content (AvgIpc) is 2.08. The van der Waals surface area contributed by atoms with Crippen LogP contribution in [0.5, 0.6) is 0 Å². The molecule has 0 aliphatic heterocycles. The highest BCUT2D eigenvalue weighted by atomic mass is 79.9. The summed E-state index contributed by atoms with van der Waals surface area (Å²) in [6, 6.07) is 5.34. The van der Waals surface area contributed by atoms with Gasteiger partial charge in [-0.25, -0.2) is 4.79 Å². The van der Waals surface area contributed by atoms with E-state index in [-0.39, 0.29) is 5.57 Å². The van der Waals surface area contributed by atoms with Gasteiger partial charge in [0.2, 0.25) is 0 Å². The lowest BCUT2D eigenvalue weighted by atomic mass is 10.1. The van der Waals surface area contributed by atoms with Crippen molar-refractivity contribution in [2.45, 2.75) is 6.92 Å². The number of hydrogen-bond acceptors (Lipinski definition) is 1. The smallest absolute Gasteiger partial charge is 0.335 e. The van der Waals surface area contributed by atoms with Gasteiger partial charge in [-0.1, -0.05) is 34.6 Å². The van der Waals surface area contributed by atoms with Gasteiger partial charge >= 0.3 is 5.97 Å². The Morgan fingerprint density at radius 2 is 2.15 bits per heavy atom. The summed E-state index contributed by atoms with van der Waals surface area (Å²) in [5, 5.41) is 8.68. The van der Waals surface area contributed by atoms with E-state index in [0.717, 1.165) is 10.0 Å². The molecule has 2 nitrogen and oxygen atoms in total. The first-order valence-electron chi connectivity index (χ1n) is 3.71. The van der Waals surface area contributed by atoms with E-state index in [2.05, 4.69) is 22.5 Å². The summed E-state index contributed by atoms with van der Waals surface area (Å²) >= 11 is 3.34. The number of hydrogen-bond donors (Lipinski definition) is 1. The topological polar surface area (TPSA) is 37.3 Å². The van der Waals surface area contributed by atoms with E-state index in [1.807, 2.05) is 13.0 Å². The number of carboxylic acid groups (broad SMARTS) is 1. The minimum atomic E-state index is -0.985. The highest BCUT2D eigenvalue weighted by Crippen LogP contribution is 2.21. The Morgan fingerprint density at radius 3 is 2.62 bits per heavy atom. The zero-order chi connectivity index (χ0) is 10.0. The standard InChI is InChI=1S/C10H9BrO2/c1-6-5-8(3-4-9(6)11)7(2)10(12)13/h3-5H,2H2,1H3,(H,12,13). The Balaban J connectivity index is 3.11. The summed E-state index contributed by atoms with van der Waals surface area (Å²) in [6.07, 6.45) is 0. The van der Waals surface area contributed by atoms with E-state index >= 15 is 0 Å². The Bertz CT molecular complexity index is 369. The Labute approximate surface area is 85.0 Å². The van der Waals surface area contributed by atoms with E-state index in [0.29, 0.717) is 5.56 Å². The van der Waals surface area contributed by atoms with E-state index in [4.69, 9.17) is 5.11 Å². The van der Waals surface area contributed by atoms with Gasteiger partial charge in [-0.2, -0.15) is 0 Å². The molecule has 1 aromatic carbocycles. The molecular weight excluding hydrogens is 232 g/mol. The highest BCUT2D eigenvalue weighted by molar-refractivity contribution is 9.10. The molecule has 0 unspecified atom stereocenters. The molecule has 0 saturated carbocycles. The summed E-state index contributed by atoms with van der Waals surface area (Å²) in [6.45, 7) is 5.39. The Hall–Kier alpha value is -1.09. The maximum absolute atomic E-state index is 10.6. The zero-order valence-electron chi connectivity index (χ0n) is 7.17. The van der Waals surface area contributed by atoms with Crippen LogP contribution in [0.4, 0.5) is 0 Å². The molecule has 13 heavy (non-hydrogen) atoms. The lowest BCUT2D eigenvalue weighted by Gasteiger charge is -2.03. The molecule has 0 spiro atoms. The summed E-state index contributed by atoms with van der Waals surface area (Å²) in [5.41, 5.74) is 1.77. The summed E-state index contributed by atoms with van der Waals surface area (Å²) in [7, 11) is 0. The van der Waals surface area contributed by atoms with E-state index in [1.54, 1.807) is 12.1 Å². The molecular formula is C10H9BrO2. The molecule has 68 valence electrons. The SMILES string of the molecule is C=C(C(=O)O)c1ccc(Br)c(C)c1. The van der Waals surface area contributed by atoms with E-state index in [1.165, 1.54) is 0 Å². The number of halogens is 1. The lowest BCUT2D eigenvalue weighted by Crippen LogP contribution is -1.98. The first-order chi connectivity index (χ1) is 6.02. The minimum Gasteiger partial charge on any atom is -0.478 e. The van der Waals surface area contributed by atoms with Gasteiger partial charge in [0.1, 0.15) is 0 Å². The van der Waals surface area contributed by atoms with Gasteiger partial charge in [0, 0.05) is 4.47 Å². The van der Waals surface area contributed by atoms with Crippen molar-refractivity contribution in [2.75, 3.05) is 0 Å². The van der Waals surface area contributed by atoms with Crippen LogP contribution in [0, 0.1) is 6.92 Å². The molecule has 0 radical (unpaired) electrons. The van der Waals surface area contributed by atoms with Crippen LogP contribution >= 0.6 is 15.9 Å². The molecule has 0 atom stereocenters. The third-order valence-corrected chi connectivity index (χ3v) is 2.65. The number of benzene rings is 1. The Morgan fingerprint density at radius 1 is 1.54 bits per heavy atom. The second-order valence-corrected chi connectivity index (χ2v) is 3.60. The van der Waals surface area contributed by atoms with Crippen LogP contribution in [0.3, 0.4) is 0 Å². The summed E-state index contributed by atoms with van der Waals surface area (Å²) < 4.78 is 0.967. The summed E-state index contributed by atoms with van der Waals surface area (Å²) in [4.78, 5) is 10.6. The third kappa shape index (κ3) is 2.18. The minimum absolute atomic E-state index is 0.121. The molecule has 0 bridgehead atoms. The van der Waals surface area contributed by atoms with Gasteiger partial charge in [-0.05, 0) is 24.1 Å². The number of aliphatic carboxylic acids is 1. The molecule has 0 aliphatic carbocycles. The first kappa shape index (κ1) is 9.99. The van der Waals surface area contributed by atoms with Gasteiger partial charge in [0.15, 0.2) is 0 Å². The van der Waals surface area contributed by atoms with Crippen molar-refractivity contribution in [1.82, 2.24) is 0 Å². The van der Waals surface area contributed by atoms with Crippen molar-refractivity contribution in [3.05, 3.63) is 40.4 Å². The first-order valence-corrected chi connectivity index (χ1v) is 4.50. The number of carbonyl (C=O) groups is 1. The van der Waals surface area contributed by atoms with Crippen molar-refractivity contribution >= 4 is 27.5 Å². The van der Waals surface area contributed by atoms with Crippen LogP contribution in [0.1, 0.15) is 11.1 Å². The molecule has 0 fully saturated rings. The lowest BCUT2D eigenvalue weighted by molar-refractivity contribution is -0.130. The predicted octanol–water partition coefficient (Wildman–Crippen LogP) is 2.86. The second kappa shape index (κ2) is 3.75. The normalized spacial score (nSPS) is 9.69. The molecule has 0 aromatic heterocycles. The van der Waals surface area contributed by atoms with E-state index in [9.17, 15) is 4.79 Å². The average molecular weight is 241 g/mol. The number of carboxylic acids is 1. The van der Waals surface area contributed by atoms with Crippen LogP contribution in [0.15, 0.2) is 29.3 Å². The molecule has 1 N–H and O–H groups in total. The molecule has 0 heterocycles. The van der Waals surface area contributed by atoms with Crippen LogP contribution in [0.2, 0.25) is 0 Å². The quantitative estimate of drug-likeness (QED) is 0.808. The van der Waals surface area contributed by atoms with Crippen molar-refractivity contribution < 1.29 is 9.90 Å². The molecule has 0 saturated heterocycles. The Kier molecular flexibility index (Phi) is 2.88. The van der Waals surface area contributed by atoms with Crippen LogP contribution < -0.4 is 0 Å². The fourth-order valence-corrected chi connectivity index (χ4v) is 1.20. The fourth-order valence-electron chi connectivity index (χ4n) is 0.956. The van der Waals surface area contributed by atoms with Crippen LogP contribution in [-0.4, -0.2) is 11.1 Å². The highest BCUT2D eigenvalue weighted by Gasteiger charge is 2.07. The molecule has 0 aliphatic rings. The maximum atomic E-state index is 10.6. The summed E-state index contributed by atoms with van der Waals surface area (Å²) in [5.74, 6) is -0.985. The van der Waals surface area contributed by atoms with E-state index < -0.39 is 5.97 Å². The van der Waals surface area contributed by atoms with Crippen LogP contribution in [-0.2, 0) is 4.79 Å². The zero-order valence-corrected chi connectivity index (χ0v) is 8.76. The number of rotatable bonds is 2. The van der Waals surface area contributed by atoms with Crippen molar-refractivity contribution in [3.8, 4) is 0 Å². The van der Waals surface area contributed by atoms with Gasteiger partial charge < -0.3 is 5.11 Å². The molecule has 3 heteroatoms. The number of aryl methyl sites for hydroxylation is 1. The monoisotopic (exact) mass is 240 g/mol. The van der Waals surface area contributed by atoms with Crippen molar-refractivity contribution in [3.63, 3.8) is 0 Å². The van der Waals surface area contributed by atoms with Gasteiger partial charge in [-0.15, -0.1) is 0 Å². The van der Waals surface area contributed by atoms with Crippen LogP contribution in [0.25, 0.3) is 5.57 Å². The van der Waals surface area contributed by atoms with Gasteiger partial charge in [-0.3, -0.25) is 0 Å². The fraction of sp³-hybridized carbons (Fsp3) is 0.100. The second-order valence-electron chi connectivity index (χ2n) is 2.75. The van der Waals surface area contributed by atoms with Gasteiger partial charge in [0.25, 0.3) is 0 Å². The third-order valence-electron chi connectivity index (χ3n) is 1.76. The largest absolute Gasteiger partial charge is 0.478 e. The molecule has 0 amide bonds. The van der Waals surface area contributed by atoms with Crippen molar-refractivity contribution in [1.29, 1.82) is 0 Å². The predicted molar refractivity (Wildman–Crippen MR) is 55.5 cm³/mol. The molecule has 1 aromatic rings. The van der Waals surface area contributed by atoms with Crippen molar-refractivity contribution in [2.24, 2.45) is 0 Å². The maximum Gasteiger partial charge on any atom is 0.335 e.